The van der Waals surface area contributed by atoms with Gasteiger partial charge in [-0.3, -0.25) is 9.59 Å². The van der Waals surface area contributed by atoms with Gasteiger partial charge in [-0.25, -0.2) is 4.39 Å². The van der Waals surface area contributed by atoms with E-state index in [-0.39, 0.29) is 37.0 Å². The maximum Gasteiger partial charge on any atom is 0.222 e. The Hall–Kier alpha value is -2.93. The van der Waals surface area contributed by atoms with E-state index in [2.05, 4.69) is 5.32 Å². The number of carbonyl (C=O) groups is 2. The van der Waals surface area contributed by atoms with Crippen molar-refractivity contribution >= 4 is 11.8 Å². The summed E-state index contributed by atoms with van der Waals surface area (Å²) in [5.74, 6) is -0.0532. The lowest BCUT2D eigenvalue weighted by Gasteiger charge is -2.30. The zero-order chi connectivity index (χ0) is 22.4. The van der Waals surface area contributed by atoms with Crippen LogP contribution in [0.5, 0.6) is 5.75 Å². The molecule has 0 bridgehead atoms. The van der Waals surface area contributed by atoms with Gasteiger partial charge in [-0.1, -0.05) is 30.3 Å². The Balaban J connectivity index is 1.64. The van der Waals surface area contributed by atoms with Crippen molar-refractivity contribution in [1.29, 1.82) is 0 Å². The molecule has 2 aromatic rings. The van der Waals surface area contributed by atoms with Crippen molar-refractivity contribution in [2.75, 3.05) is 20.7 Å². The molecule has 1 heterocycles. The van der Waals surface area contributed by atoms with Crippen molar-refractivity contribution in [3.63, 3.8) is 0 Å². The van der Waals surface area contributed by atoms with Crippen LogP contribution in [0.25, 0.3) is 0 Å². The second-order valence-electron chi connectivity index (χ2n) is 8.16. The molecule has 1 aliphatic heterocycles. The Morgan fingerprint density at radius 1 is 1.29 bits per heavy atom. The number of halogens is 1. The molecule has 0 saturated carbocycles. The third kappa shape index (κ3) is 5.82. The predicted molar refractivity (Wildman–Crippen MR) is 115 cm³/mol. The molecule has 2 amide bonds. The van der Waals surface area contributed by atoms with E-state index in [4.69, 9.17) is 4.74 Å². The fraction of sp³-hybridized carbons (Fsp3) is 0.417. The Kier molecular flexibility index (Phi) is 7.28. The van der Waals surface area contributed by atoms with Gasteiger partial charge >= 0.3 is 0 Å². The molecule has 2 N–H and O–H groups in total. The summed E-state index contributed by atoms with van der Waals surface area (Å²) in [6, 6.07) is 13.7. The first-order valence-corrected chi connectivity index (χ1v) is 10.4. The maximum atomic E-state index is 14.4. The van der Waals surface area contributed by atoms with Crippen molar-refractivity contribution in [2.45, 2.75) is 43.7 Å². The lowest BCUT2D eigenvalue weighted by molar-refractivity contribution is -0.132. The van der Waals surface area contributed by atoms with Crippen LogP contribution in [-0.4, -0.2) is 48.1 Å². The van der Waals surface area contributed by atoms with Crippen LogP contribution < -0.4 is 10.1 Å². The summed E-state index contributed by atoms with van der Waals surface area (Å²) in [7, 11) is 3.17. The average molecular weight is 429 g/mol. The fourth-order valence-corrected chi connectivity index (χ4v) is 4.04. The number of ether oxygens (including phenoxy) is 1. The zero-order valence-corrected chi connectivity index (χ0v) is 17.9. The topological polar surface area (TPSA) is 78.9 Å². The van der Waals surface area contributed by atoms with E-state index < -0.39 is 11.6 Å². The van der Waals surface area contributed by atoms with E-state index in [0.29, 0.717) is 30.6 Å². The van der Waals surface area contributed by atoms with Gasteiger partial charge in [0, 0.05) is 25.4 Å². The van der Waals surface area contributed by atoms with Crippen molar-refractivity contribution in [3.8, 4) is 5.75 Å². The van der Waals surface area contributed by atoms with Gasteiger partial charge in [-0.15, -0.1) is 0 Å². The van der Waals surface area contributed by atoms with Crippen LogP contribution in [0, 0.1) is 5.82 Å². The van der Waals surface area contributed by atoms with Gasteiger partial charge in [-0.2, -0.15) is 0 Å². The number of carbonyl (C=O) groups excluding carboxylic acids is 2. The third-order valence-corrected chi connectivity index (χ3v) is 5.89. The number of likely N-dealkylation sites (N-methyl/N-ethyl adjacent to an activating group) is 1. The highest BCUT2D eigenvalue weighted by Gasteiger charge is 2.38. The number of nitrogens with zero attached hydrogens (tertiary/aromatic N) is 1. The molecule has 0 aliphatic carbocycles. The highest BCUT2D eigenvalue weighted by molar-refractivity contribution is 5.80. The molecule has 166 valence electrons. The summed E-state index contributed by atoms with van der Waals surface area (Å²) >= 11 is 0. The molecule has 1 aliphatic rings. The van der Waals surface area contributed by atoms with E-state index >= 15 is 0 Å². The molecule has 1 saturated heterocycles. The van der Waals surface area contributed by atoms with Gasteiger partial charge in [-0.05, 0) is 48.6 Å². The summed E-state index contributed by atoms with van der Waals surface area (Å²) in [6.45, 7) is 0.173. The highest BCUT2D eigenvalue weighted by atomic mass is 19.1. The van der Waals surface area contributed by atoms with Gasteiger partial charge in [0.25, 0.3) is 0 Å². The minimum atomic E-state index is -0.777. The lowest BCUT2D eigenvalue weighted by Crippen LogP contribution is -2.45. The minimum Gasteiger partial charge on any atom is -0.497 e. The first-order chi connectivity index (χ1) is 14.8. The number of methoxy groups -OCH3 is 1. The van der Waals surface area contributed by atoms with Gasteiger partial charge in [0.2, 0.25) is 11.8 Å². The van der Waals surface area contributed by atoms with E-state index in [1.807, 2.05) is 30.3 Å². The molecule has 6 nitrogen and oxygen atoms in total. The summed E-state index contributed by atoms with van der Waals surface area (Å²) in [6.07, 6.45) is 0.963. The second-order valence-corrected chi connectivity index (χ2v) is 8.16. The summed E-state index contributed by atoms with van der Waals surface area (Å²) < 4.78 is 19.6. The van der Waals surface area contributed by atoms with Crippen LogP contribution in [-0.2, 0) is 16.0 Å². The van der Waals surface area contributed by atoms with Gasteiger partial charge < -0.3 is 20.1 Å². The van der Waals surface area contributed by atoms with E-state index in [9.17, 15) is 19.1 Å². The zero-order valence-electron chi connectivity index (χ0n) is 17.9. The van der Waals surface area contributed by atoms with Crippen molar-refractivity contribution in [2.24, 2.45) is 0 Å². The number of hydrogen-bond donors (Lipinski definition) is 2. The molecule has 0 aromatic heterocycles. The van der Waals surface area contributed by atoms with Crippen LogP contribution >= 0.6 is 0 Å². The summed E-state index contributed by atoms with van der Waals surface area (Å²) in [5.41, 5.74) is 0.510. The Labute approximate surface area is 182 Å². The van der Waals surface area contributed by atoms with Crippen LogP contribution in [0.2, 0.25) is 0 Å². The molecule has 0 radical (unpaired) electrons. The fourth-order valence-electron chi connectivity index (χ4n) is 4.04. The first kappa shape index (κ1) is 22.7. The van der Waals surface area contributed by atoms with Gasteiger partial charge in [0.1, 0.15) is 11.6 Å². The molecule has 7 heteroatoms. The predicted octanol–water partition coefficient (Wildman–Crippen LogP) is 3.00. The minimum absolute atomic E-state index is 0.0939. The SMILES string of the molecule is COc1ccc(F)c(C[C@]2(CCC(=O)N(C)C[C@H](O)c3ccccc3)CCC(=O)N2)c1. The number of amides is 2. The first-order valence-electron chi connectivity index (χ1n) is 10.4. The number of aliphatic hydroxyl groups is 1. The van der Waals surface area contributed by atoms with Gasteiger partial charge in [0.15, 0.2) is 0 Å². The normalized spacial score (nSPS) is 19.0. The molecule has 2 aromatic carbocycles. The summed E-state index contributed by atoms with van der Waals surface area (Å²) in [5, 5.41) is 13.4. The van der Waals surface area contributed by atoms with Crippen molar-refractivity contribution in [1.82, 2.24) is 10.2 Å². The Morgan fingerprint density at radius 3 is 2.68 bits per heavy atom. The molecule has 0 unspecified atom stereocenters. The van der Waals surface area contributed by atoms with E-state index in [0.717, 1.165) is 5.56 Å². The largest absolute Gasteiger partial charge is 0.497 e. The highest BCUT2D eigenvalue weighted by Crippen LogP contribution is 2.32. The number of nitrogens with one attached hydrogen (secondary N) is 1. The standard InChI is InChI=1S/C24H29FN2O4/c1-27(16-21(28)17-6-4-3-5-7-17)23(30)11-13-24(12-10-22(29)26-24)15-18-14-19(31-2)8-9-20(18)25/h3-9,14,21,28H,10-13,15-16H2,1-2H3,(H,26,29)/t21-,24+/m0/s1. The van der Waals surface area contributed by atoms with Crippen molar-refractivity contribution < 1.29 is 23.8 Å². The molecule has 1 fully saturated rings. The quantitative estimate of drug-likeness (QED) is 0.644. The number of benzene rings is 2. The Morgan fingerprint density at radius 2 is 2.03 bits per heavy atom. The number of aliphatic hydroxyl groups excluding tert-OH is 1. The maximum absolute atomic E-state index is 14.4. The number of rotatable bonds is 9. The van der Waals surface area contributed by atoms with Crippen LogP contribution in [0.15, 0.2) is 48.5 Å². The van der Waals surface area contributed by atoms with Crippen LogP contribution in [0.1, 0.15) is 42.9 Å². The summed E-state index contributed by atoms with van der Waals surface area (Å²) in [4.78, 5) is 26.2. The monoisotopic (exact) mass is 428 g/mol. The smallest absolute Gasteiger partial charge is 0.222 e. The molecule has 31 heavy (non-hydrogen) atoms. The third-order valence-electron chi connectivity index (χ3n) is 5.89. The second kappa shape index (κ2) is 9.92. The molecule has 2 atom stereocenters. The average Bonchev–Trinajstić information content (AvgIpc) is 3.14. The van der Waals surface area contributed by atoms with Crippen LogP contribution in [0.4, 0.5) is 4.39 Å². The van der Waals surface area contributed by atoms with E-state index in [1.165, 1.54) is 18.1 Å². The molecular formula is C24H29FN2O4. The molecule has 0 spiro atoms. The van der Waals surface area contributed by atoms with Crippen molar-refractivity contribution in [3.05, 3.63) is 65.5 Å². The molecule has 3 rings (SSSR count). The Bertz CT molecular complexity index is 921. The molecular weight excluding hydrogens is 399 g/mol. The van der Waals surface area contributed by atoms with Crippen LogP contribution in [0.3, 0.4) is 0 Å². The lowest BCUT2D eigenvalue weighted by atomic mass is 9.84. The van der Waals surface area contributed by atoms with E-state index in [1.54, 1.807) is 19.2 Å². The number of hydrogen-bond acceptors (Lipinski definition) is 4. The van der Waals surface area contributed by atoms with Gasteiger partial charge in [0.05, 0.1) is 19.8 Å².